The van der Waals surface area contributed by atoms with Gasteiger partial charge in [0, 0.05) is 24.9 Å². The van der Waals surface area contributed by atoms with Gasteiger partial charge in [0.15, 0.2) is 17.3 Å². The highest BCUT2D eigenvalue weighted by molar-refractivity contribution is 6.34. The minimum atomic E-state index is -0.199. The van der Waals surface area contributed by atoms with Gasteiger partial charge in [-0.2, -0.15) is 0 Å². The molecule has 1 amide bonds. The minimum absolute atomic E-state index is 0.108. The molecule has 1 N–H and O–H groups in total. The average molecular weight is 362 g/mol. The van der Waals surface area contributed by atoms with Gasteiger partial charge < -0.3 is 14.8 Å². The maximum absolute atomic E-state index is 12.1. The lowest BCUT2D eigenvalue weighted by molar-refractivity contribution is -0.121. The Morgan fingerprint density at radius 2 is 1.72 bits per heavy atom. The summed E-state index contributed by atoms with van der Waals surface area (Å²) in [6, 6.07) is 12.2. The summed E-state index contributed by atoms with van der Waals surface area (Å²) in [6.45, 7) is 0.347. The molecule has 2 aromatic rings. The number of benzene rings is 2. The van der Waals surface area contributed by atoms with E-state index in [0.717, 1.165) is 5.56 Å². The van der Waals surface area contributed by atoms with E-state index in [1.165, 1.54) is 0 Å². The summed E-state index contributed by atoms with van der Waals surface area (Å²) >= 11 is 5.99. The number of carbonyl (C=O) groups excluding carboxylic acids is 2. The topological polar surface area (TPSA) is 64.6 Å². The molecule has 0 bridgehead atoms. The molecule has 0 saturated carbocycles. The number of hydrogen-bond donors (Lipinski definition) is 1. The van der Waals surface area contributed by atoms with E-state index in [1.54, 1.807) is 50.6 Å². The van der Waals surface area contributed by atoms with Crippen molar-refractivity contribution in [2.45, 2.75) is 19.4 Å². The maximum Gasteiger partial charge on any atom is 0.220 e. The van der Waals surface area contributed by atoms with Crippen LogP contribution in [0.1, 0.15) is 28.8 Å². The Kier molecular flexibility index (Phi) is 6.83. The molecule has 0 aromatic heterocycles. The van der Waals surface area contributed by atoms with E-state index in [2.05, 4.69) is 5.32 Å². The van der Waals surface area contributed by atoms with E-state index in [4.69, 9.17) is 21.1 Å². The molecule has 0 fully saturated rings. The lowest BCUT2D eigenvalue weighted by Gasteiger charge is -2.10. The molecule has 0 unspecified atom stereocenters. The molecule has 0 saturated heterocycles. The minimum Gasteiger partial charge on any atom is -0.493 e. The molecule has 132 valence electrons. The van der Waals surface area contributed by atoms with E-state index in [9.17, 15) is 9.59 Å². The van der Waals surface area contributed by atoms with Crippen molar-refractivity contribution in [1.82, 2.24) is 5.32 Å². The zero-order chi connectivity index (χ0) is 18.2. The smallest absolute Gasteiger partial charge is 0.220 e. The standard InChI is InChI=1S/C19H20ClNO4/c1-24-17-9-7-13(11-18(17)25-2)12-21-19(23)10-8-16(22)14-5-3-4-6-15(14)20/h3-7,9,11H,8,10,12H2,1-2H3,(H,21,23). The maximum atomic E-state index is 12.1. The number of nitrogens with one attached hydrogen (secondary N) is 1. The third-order valence-electron chi connectivity index (χ3n) is 3.69. The van der Waals surface area contributed by atoms with Crippen LogP contribution in [0, 0.1) is 0 Å². The molecule has 0 aliphatic heterocycles. The molecule has 0 spiro atoms. The Morgan fingerprint density at radius 1 is 1.00 bits per heavy atom. The van der Waals surface area contributed by atoms with Crippen LogP contribution in [0.3, 0.4) is 0 Å². The highest BCUT2D eigenvalue weighted by Gasteiger charge is 2.12. The van der Waals surface area contributed by atoms with E-state index >= 15 is 0 Å². The van der Waals surface area contributed by atoms with Crippen molar-refractivity contribution in [2.24, 2.45) is 0 Å². The van der Waals surface area contributed by atoms with Crippen LogP contribution < -0.4 is 14.8 Å². The highest BCUT2D eigenvalue weighted by atomic mass is 35.5. The van der Waals surface area contributed by atoms with Gasteiger partial charge in [-0.1, -0.05) is 29.8 Å². The molecular weight excluding hydrogens is 342 g/mol. The SMILES string of the molecule is COc1ccc(CNC(=O)CCC(=O)c2ccccc2Cl)cc1OC. The number of amides is 1. The van der Waals surface area contributed by atoms with Crippen molar-refractivity contribution < 1.29 is 19.1 Å². The first-order chi connectivity index (χ1) is 12.0. The van der Waals surface area contributed by atoms with Crippen LogP contribution in [0.25, 0.3) is 0 Å². The number of ether oxygens (including phenoxy) is 2. The summed E-state index contributed by atoms with van der Waals surface area (Å²) in [4.78, 5) is 24.1. The van der Waals surface area contributed by atoms with Crippen LogP contribution in [0.2, 0.25) is 5.02 Å². The van der Waals surface area contributed by atoms with Gasteiger partial charge in [0.2, 0.25) is 5.91 Å². The molecule has 0 radical (unpaired) electrons. The molecule has 2 rings (SSSR count). The van der Waals surface area contributed by atoms with Gasteiger partial charge in [-0.3, -0.25) is 9.59 Å². The van der Waals surface area contributed by atoms with Gasteiger partial charge in [-0.15, -0.1) is 0 Å². The number of methoxy groups -OCH3 is 2. The summed E-state index contributed by atoms with van der Waals surface area (Å²) in [6.07, 6.45) is 0.221. The molecule has 0 aliphatic rings. The monoisotopic (exact) mass is 361 g/mol. The fraction of sp³-hybridized carbons (Fsp3) is 0.263. The van der Waals surface area contributed by atoms with Crippen LogP contribution in [0.5, 0.6) is 11.5 Å². The van der Waals surface area contributed by atoms with Crippen molar-refractivity contribution in [3.63, 3.8) is 0 Å². The third kappa shape index (κ3) is 5.22. The molecular formula is C19H20ClNO4. The first kappa shape index (κ1) is 18.8. The quantitative estimate of drug-likeness (QED) is 0.729. The Balaban J connectivity index is 1.85. The van der Waals surface area contributed by atoms with Crippen LogP contribution in [-0.2, 0) is 11.3 Å². The van der Waals surface area contributed by atoms with Crippen LogP contribution >= 0.6 is 11.6 Å². The number of ketones is 1. The third-order valence-corrected chi connectivity index (χ3v) is 4.02. The summed E-state index contributed by atoms with van der Waals surface area (Å²) in [7, 11) is 3.12. The highest BCUT2D eigenvalue weighted by Crippen LogP contribution is 2.27. The summed E-state index contributed by atoms with van der Waals surface area (Å²) in [5, 5.41) is 3.19. The summed E-state index contributed by atoms with van der Waals surface area (Å²) < 4.78 is 10.4. The molecule has 0 atom stereocenters. The van der Waals surface area contributed by atoms with Crippen molar-refractivity contribution in [1.29, 1.82) is 0 Å². The fourth-order valence-electron chi connectivity index (χ4n) is 2.33. The number of Topliss-reactive ketones (excluding diaryl/α,β-unsaturated/α-hetero) is 1. The lowest BCUT2D eigenvalue weighted by atomic mass is 10.1. The summed E-state index contributed by atoms with van der Waals surface area (Å²) in [5.74, 6) is 0.883. The number of hydrogen-bond acceptors (Lipinski definition) is 4. The average Bonchev–Trinajstić information content (AvgIpc) is 2.64. The van der Waals surface area contributed by atoms with Gasteiger partial charge in [-0.05, 0) is 29.8 Å². The van der Waals surface area contributed by atoms with Crippen LogP contribution in [0.15, 0.2) is 42.5 Å². The first-order valence-electron chi connectivity index (χ1n) is 7.80. The Hall–Kier alpha value is -2.53. The fourth-order valence-corrected chi connectivity index (χ4v) is 2.57. The van der Waals surface area contributed by atoms with Crippen LogP contribution in [0.4, 0.5) is 0 Å². The molecule has 6 heteroatoms. The van der Waals surface area contributed by atoms with Gasteiger partial charge >= 0.3 is 0 Å². The second-order valence-corrected chi connectivity index (χ2v) is 5.78. The Labute approximate surface area is 151 Å². The number of carbonyl (C=O) groups is 2. The molecule has 2 aromatic carbocycles. The van der Waals surface area contributed by atoms with Crippen LogP contribution in [-0.4, -0.2) is 25.9 Å². The predicted molar refractivity (Wildman–Crippen MR) is 96.4 cm³/mol. The molecule has 5 nitrogen and oxygen atoms in total. The van der Waals surface area contributed by atoms with Gasteiger partial charge in [0.1, 0.15) is 0 Å². The van der Waals surface area contributed by atoms with Crippen molar-refractivity contribution in [3.05, 3.63) is 58.6 Å². The summed E-state index contributed by atoms with van der Waals surface area (Å²) in [5.41, 5.74) is 1.32. The number of halogens is 1. The van der Waals surface area contributed by atoms with Gasteiger partial charge in [0.25, 0.3) is 0 Å². The molecule has 25 heavy (non-hydrogen) atoms. The van der Waals surface area contributed by atoms with Gasteiger partial charge in [-0.25, -0.2) is 0 Å². The van der Waals surface area contributed by atoms with E-state index < -0.39 is 0 Å². The van der Waals surface area contributed by atoms with Crippen molar-refractivity contribution in [3.8, 4) is 11.5 Å². The van der Waals surface area contributed by atoms with Crippen molar-refractivity contribution >= 4 is 23.3 Å². The Bertz CT molecular complexity index is 761. The normalized spacial score (nSPS) is 10.2. The zero-order valence-electron chi connectivity index (χ0n) is 14.2. The largest absolute Gasteiger partial charge is 0.493 e. The first-order valence-corrected chi connectivity index (χ1v) is 8.18. The number of rotatable bonds is 8. The second kappa shape index (κ2) is 9.08. The van der Waals surface area contributed by atoms with E-state index in [0.29, 0.717) is 28.6 Å². The van der Waals surface area contributed by atoms with Gasteiger partial charge in [0.05, 0.1) is 19.2 Å². The second-order valence-electron chi connectivity index (χ2n) is 5.37. The molecule has 0 heterocycles. The van der Waals surface area contributed by atoms with E-state index in [-0.39, 0.29) is 24.5 Å². The van der Waals surface area contributed by atoms with E-state index in [1.807, 2.05) is 6.07 Å². The zero-order valence-corrected chi connectivity index (χ0v) is 14.9. The predicted octanol–water partition coefficient (Wildman–Crippen LogP) is 3.64. The Morgan fingerprint density at radius 3 is 2.40 bits per heavy atom. The molecule has 0 aliphatic carbocycles. The lowest BCUT2D eigenvalue weighted by Crippen LogP contribution is -2.23. The van der Waals surface area contributed by atoms with Crippen molar-refractivity contribution in [2.75, 3.05) is 14.2 Å².